The summed E-state index contributed by atoms with van der Waals surface area (Å²) >= 11 is 1.57. The van der Waals surface area contributed by atoms with Crippen molar-refractivity contribution in [2.24, 2.45) is 5.92 Å². The minimum atomic E-state index is 0.253. The lowest BCUT2D eigenvalue weighted by Gasteiger charge is -2.37. The monoisotopic (exact) mass is 276 g/mol. The van der Waals surface area contributed by atoms with Crippen molar-refractivity contribution in [1.29, 1.82) is 0 Å². The van der Waals surface area contributed by atoms with Crippen LogP contribution in [0.2, 0.25) is 0 Å². The Morgan fingerprint density at radius 1 is 1.26 bits per heavy atom. The molecule has 4 rings (SSSR count). The molecule has 100 valence electrons. The topological polar surface area (TPSA) is 51.1 Å². The molecule has 19 heavy (non-hydrogen) atoms. The third-order valence-corrected chi connectivity index (χ3v) is 4.58. The highest BCUT2D eigenvalue weighted by atomic mass is 32.1. The molecular formula is C13H16N4OS. The zero-order valence-corrected chi connectivity index (χ0v) is 11.6. The van der Waals surface area contributed by atoms with Crippen LogP contribution in [0.25, 0.3) is 10.3 Å². The summed E-state index contributed by atoms with van der Waals surface area (Å²) < 4.78 is 6.05. The summed E-state index contributed by atoms with van der Waals surface area (Å²) in [5.74, 6) is 1.71. The average Bonchev–Trinajstić information content (AvgIpc) is 3.15. The van der Waals surface area contributed by atoms with E-state index in [2.05, 4.69) is 26.8 Å². The van der Waals surface area contributed by atoms with E-state index in [0.29, 0.717) is 6.10 Å². The minimum absolute atomic E-state index is 0.253. The molecule has 2 aromatic rings. The van der Waals surface area contributed by atoms with Gasteiger partial charge in [0, 0.05) is 13.1 Å². The zero-order valence-electron chi connectivity index (χ0n) is 10.8. The summed E-state index contributed by atoms with van der Waals surface area (Å²) in [4.78, 5) is 16.4. The van der Waals surface area contributed by atoms with Gasteiger partial charge in [0.15, 0.2) is 5.82 Å². The third kappa shape index (κ3) is 2.08. The van der Waals surface area contributed by atoms with Crippen LogP contribution in [0.3, 0.4) is 0 Å². The lowest BCUT2D eigenvalue weighted by molar-refractivity contribution is -0.0272. The molecule has 1 saturated carbocycles. The summed E-state index contributed by atoms with van der Waals surface area (Å²) in [7, 11) is 0. The number of fused-ring (bicyclic) bond motifs is 1. The standard InChI is InChI=1S/C13H16N4OS/c1-8-4-17(5-10(18-8)9-2-3-9)12-11-13(15-6-14-12)19-7-16-11/h6-10H,2-5H2,1H3. The van der Waals surface area contributed by atoms with Crippen LogP contribution in [-0.4, -0.2) is 40.2 Å². The number of aromatic nitrogens is 3. The normalized spacial score (nSPS) is 27.9. The van der Waals surface area contributed by atoms with Crippen LogP contribution >= 0.6 is 11.3 Å². The van der Waals surface area contributed by atoms with E-state index in [1.807, 2.05) is 5.51 Å². The van der Waals surface area contributed by atoms with Gasteiger partial charge in [0.05, 0.1) is 17.7 Å². The van der Waals surface area contributed by atoms with E-state index < -0.39 is 0 Å². The molecular weight excluding hydrogens is 260 g/mol. The van der Waals surface area contributed by atoms with Crippen molar-refractivity contribution in [3.05, 3.63) is 11.8 Å². The Bertz CT molecular complexity index is 597. The van der Waals surface area contributed by atoms with Crippen molar-refractivity contribution in [3.8, 4) is 0 Å². The van der Waals surface area contributed by atoms with Crippen molar-refractivity contribution in [3.63, 3.8) is 0 Å². The molecule has 2 atom stereocenters. The molecule has 0 amide bonds. The first-order valence-corrected chi connectivity index (χ1v) is 7.64. The number of anilines is 1. The maximum absolute atomic E-state index is 6.05. The second-order valence-corrected chi connectivity index (χ2v) is 6.26. The quantitative estimate of drug-likeness (QED) is 0.840. The Kier molecular flexibility index (Phi) is 2.66. The maximum Gasteiger partial charge on any atom is 0.159 e. The lowest BCUT2D eigenvalue weighted by atomic mass is 10.1. The average molecular weight is 276 g/mol. The fraction of sp³-hybridized carbons (Fsp3) is 0.615. The highest BCUT2D eigenvalue weighted by molar-refractivity contribution is 7.16. The number of hydrogen-bond donors (Lipinski definition) is 0. The van der Waals surface area contributed by atoms with Crippen LogP contribution in [0, 0.1) is 5.92 Å². The van der Waals surface area contributed by atoms with E-state index in [-0.39, 0.29) is 6.10 Å². The third-order valence-electron chi connectivity index (χ3n) is 3.85. The van der Waals surface area contributed by atoms with Crippen LogP contribution in [0.15, 0.2) is 11.8 Å². The lowest BCUT2D eigenvalue weighted by Crippen LogP contribution is -2.48. The van der Waals surface area contributed by atoms with Gasteiger partial charge in [-0.1, -0.05) is 0 Å². The Morgan fingerprint density at radius 2 is 2.16 bits per heavy atom. The van der Waals surface area contributed by atoms with Gasteiger partial charge < -0.3 is 9.64 Å². The molecule has 0 radical (unpaired) electrons. The molecule has 5 nitrogen and oxygen atoms in total. The first kappa shape index (κ1) is 11.5. The van der Waals surface area contributed by atoms with Crippen LogP contribution in [0.1, 0.15) is 19.8 Å². The largest absolute Gasteiger partial charge is 0.371 e. The van der Waals surface area contributed by atoms with Gasteiger partial charge in [-0.05, 0) is 25.7 Å². The SMILES string of the molecule is CC1CN(c2ncnc3scnc23)CC(C2CC2)O1. The van der Waals surface area contributed by atoms with Gasteiger partial charge in [-0.2, -0.15) is 0 Å². The van der Waals surface area contributed by atoms with Crippen molar-refractivity contribution in [1.82, 2.24) is 15.0 Å². The minimum Gasteiger partial charge on any atom is -0.371 e. The van der Waals surface area contributed by atoms with Gasteiger partial charge in [-0.25, -0.2) is 15.0 Å². The van der Waals surface area contributed by atoms with E-state index in [1.165, 1.54) is 12.8 Å². The van der Waals surface area contributed by atoms with Crippen molar-refractivity contribution in [2.45, 2.75) is 32.0 Å². The number of nitrogens with zero attached hydrogens (tertiary/aromatic N) is 4. The highest BCUT2D eigenvalue weighted by Gasteiger charge is 2.38. The molecule has 1 aliphatic carbocycles. The van der Waals surface area contributed by atoms with Gasteiger partial charge in [0.25, 0.3) is 0 Å². The first-order valence-electron chi connectivity index (χ1n) is 6.76. The second kappa shape index (κ2) is 4.38. The van der Waals surface area contributed by atoms with Crippen molar-refractivity contribution >= 4 is 27.5 Å². The van der Waals surface area contributed by atoms with E-state index in [0.717, 1.165) is 35.2 Å². The number of hydrogen-bond acceptors (Lipinski definition) is 6. The summed E-state index contributed by atoms with van der Waals surface area (Å²) in [6.45, 7) is 3.95. The van der Waals surface area contributed by atoms with E-state index in [9.17, 15) is 0 Å². The van der Waals surface area contributed by atoms with Gasteiger partial charge in [-0.3, -0.25) is 0 Å². The molecule has 3 heterocycles. The Hall–Kier alpha value is -1.27. The molecule has 0 aromatic carbocycles. The van der Waals surface area contributed by atoms with Gasteiger partial charge in [0.1, 0.15) is 16.7 Å². The van der Waals surface area contributed by atoms with Crippen molar-refractivity contribution < 1.29 is 4.74 Å². The summed E-state index contributed by atoms with van der Waals surface area (Å²) in [6.07, 6.45) is 4.86. The van der Waals surface area contributed by atoms with Crippen LogP contribution < -0.4 is 4.90 Å². The number of thiazole rings is 1. The van der Waals surface area contributed by atoms with Gasteiger partial charge in [-0.15, -0.1) is 11.3 Å². The van der Waals surface area contributed by atoms with Crippen LogP contribution in [-0.2, 0) is 4.74 Å². The molecule has 1 aliphatic heterocycles. The van der Waals surface area contributed by atoms with Crippen LogP contribution in [0.4, 0.5) is 5.82 Å². The second-order valence-electron chi connectivity index (χ2n) is 5.43. The molecule has 1 saturated heterocycles. The molecule has 2 fully saturated rings. The van der Waals surface area contributed by atoms with Crippen LogP contribution in [0.5, 0.6) is 0 Å². The van der Waals surface area contributed by atoms with Gasteiger partial charge in [0.2, 0.25) is 0 Å². The molecule has 0 spiro atoms. The molecule has 2 aliphatic rings. The Balaban J connectivity index is 1.68. The Labute approximate surface area is 115 Å². The summed E-state index contributed by atoms with van der Waals surface area (Å²) in [5, 5.41) is 0. The van der Waals surface area contributed by atoms with E-state index in [1.54, 1.807) is 17.7 Å². The number of ether oxygens (including phenoxy) is 1. The van der Waals surface area contributed by atoms with Gasteiger partial charge >= 0.3 is 0 Å². The van der Waals surface area contributed by atoms with E-state index >= 15 is 0 Å². The summed E-state index contributed by atoms with van der Waals surface area (Å²) in [6, 6.07) is 0. The zero-order chi connectivity index (χ0) is 12.8. The first-order chi connectivity index (χ1) is 9.31. The predicted molar refractivity (Wildman–Crippen MR) is 74.5 cm³/mol. The van der Waals surface area contributed by atoms with Crippen molar-refractivity contribution in [2.75, 3.05) is 18.0 Å². The predicted octanol–water partition coefficient (Wildman–Crippen LogP) is 2.09. The number of morpholine rings is 1. The fourth-order valence-corrected chi connectivity index (χ4v) is 3.42. The highest BCUT2D eigenvalue weighted by Crippen LogP contribution is 2.38. The molecule has 6 heteroatoms. The molecule has 0 N–H and O–H groups in total. The molecule has 2 unspecified atom stereocenters. The summed E-state index contributed by atoms with van der Waals surface area (Å²) in [5.41, 5.74) is 2.77. The fourth-order valence-electron chi connectivity index (χ4n) is 2.80. The Morgan fingerprint density at radius 3 is 3.00 bits per heavy atom. The maximum atomic E-state index is 6.05. The molecule has 0 bridgehead atoms. The smallest absolute Gasteiger partial charge is 0.159 e. The van der Waals surface area contributed by atoms with E-state index in [4.69, 9.17) is 4.74 Å². The molecule has 2 aromatic heterocycles. The number of rotatable bonds is 2.